The Kier molecular flexibility index (Phi) is 3.67. The van der Waals surface area contributed by atoms with Crippen molar-refractivity contribution in [1.29, 1.82) is 0 Å². The Bertz CT molecular complexity index is 979. The largest absolute Gasteiger partial charge is 0.365 e. The minimum atomic E-state index is 0.485. The average Bonchev–Trinajstić information content (AvgIpc) is 3.06. The van der Waals surface area contributed by atoms with Crippen molar-refractivity contribution in [2.24, 2.45) is 0 Å². The van der Waals surface area contributed by atoms with Crippen molar-refractivity contribution in [2.75, 3.05) is 5.32 Å². The monoisotopic (exact) mass is 316 g/mol. The molecular formula is C19H16N4O. The summed E-state index contributed by atoms with van der Waals surface area (Å²) in [5, 5.41) is 8.40. The van der Waals surface area contributed by atoms with Crippen LogP contribution in [0.3, 0.4) is 0 Å². The van der Waals surface area contributed by atoms with Gasteiger partial charge in [0, 0.05) is 12.1 Å². The van der Waals surface area contributed by atoms with Gasteiger partial charge in [-0.25, -0.2) is 4.98 Å². The van der Waals surface area contributed by atoms with E-state index in [2.05, 4.69) is 45.6 Å². The summed E-state index contributed by atoms with van der Waals surface area (Å²) in [5.41, 5.74) is 4.58. The van der Waals surface area contributed by atoms with E-state index in [9.17, 15) is 0 Å². The number of anilines is 1. The Balaban J connectivity index is 1.76. The number of hydrogen-bond acceptors (Lipinski definition) is 5. The molecule has 2 aromatic heterocycles. The lowest BCUT2D eigenvalue weighted by Crippen LogP contribution is -2.02. The molecule has 0 atom stereocenters. The van der Waals surface area contributed by atoms with Crippen molar-refractivity contribution in [2.45, 2.75) is 13.5 Å². The van der Waals surface area contributed by atoms with E-state index in [1.54, 1.807) is 0 Å². The van der Waals surface area contributed by atoms with Gasteiger partial charge < -0.3 is 9.84 Å². The Morgan fingerprint density at radius 3 is 2.58 bits per heavy atom. The molecule has 2 heterocycles. The molecule has 0 bridgehead atoms. The molecule has 4 aromatic rings. The number of aryl methyl sites for hydroxylation is 1. The third-order valence-electron chi connectivity index (χ3n) is 3.98. The first-order valence-electron chi connectivity index (χ1n) is 7.77. The number of nitrogens with one attached hydrogen (secondary N) is 1. The van der Waals surface area contributed by atoms with Gasteiger partial charge in [0.15, 0.2) is 0 Å². The molecule has 5 heteroatoms. The quantitative estimate of drug-likeness (QED) is 0.611. The highest BCUT2D eigenvalue weighted by molar-refractivity contribution is 5.98. The normalized spacial score (nSPS) is 10.9. The van der Waals surface area contributed by atoms with Crippen molar-refractivity contribution in [1.82, 2.24) is 15.1 Å². The van der Waals surface area contributed by atoms with Gasteiger partial charge in [-0.1, -0.05) is 59.8 Å². The van der Waals surface area contributed by atoms with Gasteiger partial charge in [0.1, 0.15) is 23.2 Å². The third kappa shape index (κ3) is 2.60. The number of fused-ring (bicyclic) bond motifs is 1. The first-order chi connectivity index (χ1) is 11.8. The second-order valence-corrected chi connectivity index (χ2v) is 5.59. The summed E-state index contributed by atoms with van der Waals surface area (Å²) < 4.78 is 5.41. The van der Waals surface area contributed by atoms with E-state index < -0.39 is 0 Å². The summed E-state index contributed by atoms with van der Waals surface area (Å²) in [7, 11) is 0. The fraction of sp³-hybridized carbons (Fsp3) is 0.105. The van der Waals surface area contributed by atoms with E-state index in [-0.39, 0.29) is 0 Å². The van der Waals surface area contributed by atoms with Crippen LogP contribution in [0.4, 0.5) is 5.82 Å². The SMILES string of the molecule is Cc1ccccc1-c1noc2ncnc(NCc3ccccc3)c12. The smallest absolute Gasteiger partial charge is 0.263 e. The third-order valence-corrected chi connectivity index (χ3v) is 3.98. The zero-order chi connectivity index (χ0) is 16.4. The molecule has 1 N–H and O–H groups in total. The van der Waals surface area contributed by atoms with E-state index in [0.717, 1.165) is 28.0 Å². The second-order valence-electron chi connectivity index (χ2n) is 5.59. The second kappa shape index (κ2) is 6.12. The van der Waals surface area contributed by atoms with Crippen molar-refractivity contribution >= 4 is 16.9 Å². The molecule has 4 rings (SSSR count). The lowest BCUT2D eigenvalue weighted by Gasteiger charge is -2.07. The molecule has 0 unspecified atom stereocenters. The van der Waals surface area contributed by atoms with Crippen LogP contribution in [0.15, 0.2) is 65.4 Å². The van der Waals surface area contributed by atoms with E-state index in [0.29, 0.717) is 12.3 Å². The molecule has 0 radical (unpaired) electrons. The van der Waals surface area contributed by atoms with Crippen molar-refractivity contribution in [3.8, 4) is 11.3 Å². The van der Waals surface area contributed by atoms with Gasteiger partial charge >= 0.3 is 0 Å². The fourth-order valence-electron chi connectivity index (χ4n) is 2.72. The van der Waals surface area contributed by atoms with E-state index >= 15 is 0 Å². The van der Waals surface area contributed by atoms with Crippen LogP contribution < -0.4 is 5.32 Å². The standard InChI is InChI=1S/C19H16N4O/c1-13-7-5-6-10-15(13)17-16-18(21-12-22-19(16)24-23-17)20-11-14-8-3-2-4-9-14/h2-10,12H,11H2,1H3,(H,20,21,22). The summed E-state index contributed by atoms with van der Waals surface area (Å²) >= 11 is 0. The van der Waals surface area contributed by atoms with Gasteiger partial charge in [-0.05, 0) is 18.1 Å². The Morgan fingerprint density at radius 2 is 1.75 bits per heavy atom. The van der Waals surface area contributed by atoms with E-state index in [1.165, 1.54) is 11.9 Å². The molecule has 0 saturated heterocycles. The summed E-state index contributed by atoms with van der Waals surface area (Å²) in [4.78, 5) is 8.58. The van der Waals surface area contributed by atoms with Gasteiger partial charge in [-0.2, -0.15) is 4.98 Å². The minimum Gasteiger partial charge on any atom is -0.365 e. The van der Waals surface area contributed by atoms with Gasteiger partial charge in [-0.3, -0.25) is 0 Å². The number of rotatable bonds is 4. The van der Waals surface area contributed by atoms with Crippen LogP contribution in [-0.2, 0) is 6.54 Å². The van der Waals surface area contributed by atoms with Crippen molar-refractivity contribution < 1.29 is 4.52 Å². The number of hydrogen-bond donors (Lipinski definition) is 1. The maximum absolute atomic E-state index is 5.41. The summed E-state index contributed by atoms with van der Waals surface area (Å²) in [6.45, 7) is 2.72. The first kappa shape index (κ1) is 14.4. The summed E-state index contributed by atoms with van der Waals surface area (Å²) in [5.74, 6) is 0.725. The van der Waals surface area contributed by atoms with Crippen molar-refractivity contribution in [3.63, 3.8) is 0 Å². The molecule has 2 aromatic carbocycles. The maximum Gasteiger partial charge on any atom is 0.263 e. The van der Waals surface area contributed by atoms with Gasteiger partial charge in [0.05, 0.1) is 0 Å². The minimum absolute atomic E-state index is 0.485. The number of nitrogens with zero attached hydrogens (tertiary/aromatic N) is 3. The van der Waals surface area contributed by atoms with Crippen LogP contribution in [0, 0.1) is 6.92 Å². The Morgan fingerprint density at radius 1 is 0.958 bits per heavy atom. The predicted octanol–water partition coefficient (Wildman–Crippen LogP) is 4.21. The van der Waals surface area contributed by atoms with Crippen LogP contribution in [0.25, 0.3) is 22.4 Å². The van der Waals surface area contributed by atoms with E-state index in [4.69, 9.17) is 4.52 Å². The molecule has 0 aliphatic carbocycles. The van der Waals surface area contributed by atoms with Gasteiger partial charge in [-0.15, -0.1) is 0 Å². The molecule has 0 saturated carbocycles. The van der Waals surface area contributed by atoms with Crippen LogP contribution in [-0.4, -0.2) is 15.1 Å². The highest BCUT2D eigenvalue weighted by Crippen LogP contribution is 2.32. The topological polar surface area (TPSA) is 63.8 Å². The Labute approximate surface area is 139 Å². The maximum atomic E-state index is 5.41. The zero-order valence-electron chi connectivity index (χ0n) is 13.2. The molecule has 0 aliphatic heterocycles. The first-order valence-corrected chi connectivity index (χ1v) is 7.77. The Hall–Kier alpha value is -3.21. The summed E-state index contributed by atoms with van der Waals surface area (Å²) in [6, 6.07) is 18.3. The molecule has 0 aliphatic rings. The lowest BCUT2D eigenvalue weighted by atomic mass is 10.0. The number of benzene rings is 2. The van der Waals surface area contributed by atoms with Crippen LogP contribution in [0.1, 0.15) is 11.1 Å². The lowest BCUT2D eigenvalue weighted by molar-refractivity contribution is 0.451. The highest BCUT2D eigenvalue weighted by Gasteiger charge is 2.17. The van der Waals surface area contributed by atoms with Crippen molar-refractivity contribution in [3.05, 3.63) is 72.1 Å². The summed E-state index contributed by atoms with van der Waals surface area (Å²) in [6.07, 6.45) is 1.49. The zero-order valence-corrected chi connectivity index (χ0v) is 13.2. The van der Waals surface area contributed by atoms with Gasteiger partial charge in [0.25, 0.3) is 5.71 Å². The fourth-order valence-corrected chi connectivity index (χ4v) is 2.72. The molecule has 118 valence electrons. The van der Waals surface area contributed by atoms with Crippen LogP contribution in [0.2, 0.25) is 0 Å². The van der Waals surface area contributed by atoms with E-state index in [1.807, 2.05) is 36.4 Å². The molecule has 5 nitrogen and oxygen atoms in total. The molecule has 0 spiro atoms. The molecule has 24 heavy (non-hydrogen) atoms. The number of aromatic nitrogens is 3. The molecule has 0 amide bonds. The van der Waals surface area contributed by atoms with Crippen LogP contribution in [0.5, 0.6) is 0 Å². The average molecular weight is 316 g/mol. The highest BCUT2D eigenvalue weighted by atomic mass is 16.5. The predicted molar refractivity (Wildman–Crippen MR) is 93.5 cm³/mol. The molecule has 0 fully saturated rings. The molecular weight excluding hydrogens is 300 g/mol. The van der Waals surface area contributed by atoms with Gasteiger partial charge in [0.2, 0.25) is 0 Å². The van der Waals surface area contributed by atoms with Crippen LogP contribution >= 0.6 is 0 Å².